The number of nitrogens with one attached hydrogen (secondary N) is 1. The van der Waals surface area contributed by atoms with Crippen LogP contribution in [0.5, 0.6) is 0 Å². The largest absolute Gasteiger partial charge is 0.465 e. The molecule has 0 radical (unpaired) electrons. The zero-order valence-electron chi connectivity index (χ0n) is 14.7. The summed E-state index contributed by atoms with van der Waals surface area (Å²) in [4.78, 5) is 24.4. The number of rotatable bonds is 4. The zero-order valence-corrected chi connectivity index (χ0v) is 15.5. The van der Waals surface area contributed by atoms with Crippen molar-refractivity contribution in [3.8, 4) is 11.1 Å². The Balaban J connectivity index is 2.78. The first-order chi connectivity index (χ1) is 11.7. The van der Waals surface area contributed by atoms with Crippen LogP contribution in [0.3, 0.4) is 0 Å². The molecule has 0 aliphatic heterocycles. The van der Waals surface area contributed by atoms with E-state index in [1.54, 1.807) is 24.3 Å². The average molecular weight is 366 g/mol. The Labute approximate surface area is 151 Å². The van der Waals surface area contributed by atoms with Crippen molar-refractivity contribution in [3.05, 3.63) is 40.6 Å². The van der Waals surface area contributed by atoms with Gasteiger partial charge in [-0.3, -0.25) is 0 Å². The van der Waals surface area contributed by atoms with E-state index >= 15 is 0 Å². The Bertz CT molecular complexity index is 787. The van der Waals surface area contributed by atoms with Crippen molar-refractivity contribution in [2.75, 3.05) is 19.5 Å². The van der Waals surface area contributed by atoms with Gasteiger partial charge in [0.25, 0.3) is 0 Å². The fourth-order valence-corrected chi connectivity index (χ4v) is 2.41. The van der Waals surface area contributed by atoms with E-state index in [1.807, 2.05) is 20.8 Å². The molecule has 0 atom stereocenters. The van der Waals surface area contributed by atoms with Crippen molar-refractivity contribution in [2.24, 2.45) is 0 Å². The van der Waals surface area contributed by atoms with E-state index in [-0.39, 0.29) is 22.7 Å². The maximum absolute atomic E-state index is 12.4. The number of carbonyl (C=O) groups excluding carboxylic acids is 2. The van der Waals surface area contributed by atoms with Crippen LogP contribution >= 0.6 is 11.6 Å². The highest BCUT2D eigenvalue weighted by molar-refractivity contribution is 6.30. The number of esters is 2. The van der Waals surface area contributed by atoms with Crippen molar-refractivity contribution in [3.63, 3.8) is 0 Å². The lowest BCUT2D eigenvalue weighted by Crippen LogP contribution is -2.26. The molecule has 1 aromatic heterocycles. The molecule has 134 valence electrons. The van der Waals surface area contributed by atoms with Gasteiger partial charge < -0.3 is 19.2 Å². The lowest BCUT2D eigenvalue weighted by atomic mass is 10.0. The Morgan fingerprint density at radius 2 is 1.60 bits per heavy atom. The molecule has 0 fully saturated rings. The zero-order chi connectivity index (χ0) is 18.8. The van der Waals surface area contributed by atoms with Gasteiger partial charge in [-0.1, -0.05) is 23.7 Å². The normalized spacial score (nSPS) is 11.1. The maximum Gasteiger partial charge on any atom is 0.375 e. The van der Waals surface area contributed by atoms with Gasteiger partial charge in [-0.05, 0) is 38.5 Å². The lowest BCUT2D eigenvalue weighted by molar-refractivity contribution is 0.0529. The van der Waals surface area contributed by atoms with Crippen LogP contribution in [0.1, 0.15) is 41.7 Å². The van der Waals surface area contributed by atoms with Gasteiger partial charge in [0.2, 0.25) is 11.6 Å². The number of halogens is 1. The Morgan fingerprint density at radius 1 is 1.04 bits per heavy atom. The average Bonchev–Trinajstić information content (AvgIpc) is 2.91. The van der Waals surface area contributed by atoms with Crippen molar-refractivity contribution in [1.29, 1.82) is 0 Å². The number of hydrogen-bond acceptors (Lipinski definition) is 6. The van der Waals surface area contributed by atoms with Gasteiger partial charge >= 0.3 is 11.9 Å². The quantitative estimate of drug-likeness (QED) is 0.810. The first-order valence-electron chi connectivity index (χ1n) is 7.55. The fraction of sp³-hybridized carbons (Fsp3) is 0.333. The predicted octanol–water partition coefficient (Wildman–Crippen LogP) is 4.38. The van der Waals surface area contributed by atoms with Gasteiger partial charge in [0, 0.05) is 10.6 Å². The van der Waals surface area contributed by atoms with Crippen LogP contribution in [-0.4, -0.2) is 31.7 Å². The molecule has 0 bridgehead atoms. The van der Waals surface area contributed by atoms with E-state index in [0.29, 0.717) is 16.1 Å². The van der Waals surface area contributed by atoms with Crippen molar-refractivity contribution < 1.29 is 23.5 Å². The van der Waals surface area contributed by atoms with E-state index in [1.165, 1.54) is 14.2 Å². The number of methoxy groups -OCH3 is 2. The first kappa shape index (κ1) is 18.9. The molecule has 0 aliphatic carbocycles. The summed E-state index contributed by atoms with van der Waals surface area (Å²) >= 11 is 5.95. The third kappa shape index (κ3) is 4.14. The van der Waals surface area contributed by atoms with Crippen LogP contribution in [0.25, 0.3) is 11.1 Å². The van der Waals surface area contributed by atoms with Gasteiger partial charge in [-0.2, -0.15) is 0 Å². The maximum atomic E-state index is 12.4. The lowest BCUT2D eigenvalue weighted by Gasteiger charge is -2.21. The molecule has 0 spiro atoms. The molecule has 1 N–H and O–H groups in total. The second kappa shape index (κ2) is 7.19. The highest BCUT2D eigenvalue weighted by Crippen LogP contribution is 2.39. The summed E-state index contributed by atoms with van der Waals surface area (Å²) in [5.41, 5.74) is 0.692. The van der Waals surface area contributed by atoms with Crippen LogP contribution in [0.4, 0.5) is 5.88 Å². The molecule has 0 saturated carbocycles. The number of benzene rings is 1. The molecule has 2 rings (SSSR count). The van der Waals surface area contributed by atoms with E-state index < -0.39 is 11.9 Å². The summed E-state index contributed by atoms with van der Waals surface area (Å²) in [6.07, 6.45) is 0. The number of anilines is 1. The number of ether oxygens (including phenoxy) is 2. The van der Waals surface area contributed by atoms with Gasteiger partial charge in [-0.25, -0.2) is 9.59 Å². The molecule has 1 heterocycles. The molecule has 7 heteroatoms. The summed E-state index contributed by atoms with van der Waals surface area (Å²) in [5, 5.41) is 3.71. The van der Waals surface area contributed by atoms with Crippen molar-refractivity contribution in [1.82, 2.24) is 0 Å². The highest BCUT2D eigenvalue weighted by Gasteiger charge is 2.33. The number of hydrogen-bond donors (Lipinski definition) is 1. The summed E-state index contributed by atoms with van der Waals surface area (Å²) in [5.74, 6) is -1.41. The third-order valence-electron chi connectivity index (χ3n) is 3.29. The molecule has 6 nitrogen and oxygen atoms in total. The van der Waals surface area contributed by atoms with Crippen LogP contribution in [0.15, 0.2) is 28.7 Å². The van der Waals surface area contributed by atoms with E-state index in [0.717, 1.165) is 0 Å². The topological polar surface area (TPSA) is 77.8 Å². The van der Waals surface area contributed by atoms with Crippen LogP contribution in [0.2, 0.25) is 5.02 Å². The summed E-state index contributed by atoms with van der Waals surface area (Å²) < 4.78 is 15.2. The molecule has 0 saturated heterocycles. The van der Waals surface area contributed by atoms with Crippen molar-refractivity contribution in [2.45, 2.75) is 26.3 Å². The van der Waals surface area contributed by atoms with E-state index in [9.17, 15) is 9.59 Å². The SMILES string of the molecule is COC(=O)c1oc(NC(C)(C)C)c(-c2ccc(Cl)cc2)c1C(=O)OC. The molecular formula is C18H20ClNO5. The van der Waals surface area contributed by atoms with Crippen LogP contribution < -0.4 is 5.32 Å². The number of carbonyl (C=O) groups is 2. The predicted molar refractivity (Wildman–Crippen MR) is 95.2 cm³/mol. The summed E-state index contributed by atoms with van der Waals surface area (Å²) in [6.45, 7) is 5.78. The second-order valence-electron chi connectivity index (χ2n) is 6.38. The second-order valence-corrected chi connectivity index (χ2v) is 6.81. The number of furan rings is 1. The van der Waals surface area contributed by atoms with Crippen LogP contribution in [0, 0.1) is 0 Å². The minimum Gasteiger partial charge on any atom is -0.465 e. The Hall–Kier alpha value is -2.47. The highest BCUT2D eigenvalue weighted by atomic mass is 35.5. The van der Waals surface area contributed by atoms with Gasteiger partial charge in [0.15, 0.2) is 0 Å². The smallest absolute Gasteiger partial charge is 0.375 e. The standard InChI is InChI=1S/C18H20ClNO5/c1-18(2,3)20-15-12(10-6-8-11(19)9-7-10)13(16(21)23-4)14(25-15)17(22)24-5/h6-9,20H,1-5H3. The van der Waals surface area contributed by atoms with Gasteiger partial charge in [-0.15, -0.1) is 0 Å². The molecule has 2 aromatic rings. The van der Waals surface area contributed by atoms with E-state index in [4.69, 9.17) is 25.5 Å². The first-order valence-corrected chi connectivity index (χ1v) is 7.93. The Kier molecular flexibility index (Phi) is 5.42. The molecule has 0 unspecified atom stereocenters. The Morgan fingerprint density at radius 3 is 2.08 bits per heavy atom. The van der Waals surface area contributed by atoms with E-state index in [2.05, 4.69) is 5.32 Å². The summed E-state index contributed by atoms with van der Waals surface area (Å²) in [7, 11) is 2.45. The van der Waals surface area contributed by atoms with Gasteiger partial charge in [0.1, 0.15) is 5.56 Å². The molecule has 25 heavy (non-hydrogen) atoms. The van der Waals surface area contributed by atoms with Crippen molar-refractivity contribution >= 4 is 29.4 Å². The monoisotopic (exact) mass is 365 g/mol. The minimum atomic E-state index is -0.766. The minimum absolute atomic E-state index is 0.00317. The summed E-state index contributed by atoms with van der Waals surface area (Å²) in [6, 6.07) is 6.83. The molecule has 1 aromatic carbocycles. The molecule has 0 aliphatic rings. The molecular weight excluding hydrogens is 346 g/mol. The fourth-order valence-electron chi connectivity index (χ4n) is 2.29. The van der Waals surface area contributed by atoms with Crippen LogP contribution in [-0.2, 0) is 9.47 Å². The van der Waals surface area contributed by atoms with Gasteiger partial charge in [0.05, 0.1) is 19.8 Å². The molecule has 0 amide bonds. The third-order valence-corrected chi connectivity index (χ3v) is 3.54.